The molecular formula is C24H23FN2O5S. The van der Waals surface area contributed by atoms with Crippen LogP contribution in [0.1, 0.15) is 22.3 Å². The van der Waals surface area contributed by atoms with Crippen molar-refractivity contribution in [3.63, 3.8) is 0 Å². The number of anilines is 1. The topological polar surface area (TPSA) is 84.9 Å². The number of nitrogens with one attached hydrogen (secondary N) is 1. The van der Waals surface area contributed by atoms with Gasteiger partial charge in [0.25, 0.3) is 5.91 Å². The van der Waals surface area contributed by atoms with Crippen molar-refractivity contribution >= 4 is 21.6 Å². The lowest BCUT2D eigenvalue weighted by atomic mass is 10.2. The largest absolute Gasteiger partial charge is 0.490 e. The van der Waals surface area contributed by atoms with E-state index in [-0.39, 0.29) is 17.0 Å². The Hall–Kier alpha value is -3.43. The van der Waals surface area contributed by atoms with Gasteiger partial charge >= 0.3 is 0 Å². The Morgan fingerprint density at radius 2 is 1.73 bits per heavy atom. The fourth-order valence-electron chi connectivity index (χ4n) is 3.35. The third-order valence-corrected chi connectivity index (χ3v) is 6.93. The summed E-state index contributed by atoms with van der Waals surface area (Å²) >= 11 is 0. The lowest BCUT2D eigenvalue weighted by Gasteiger charge is -2.18. The molecule has 3 aromatic carbocycles. The Bertz CT molecular complexity index is 1260. The van der Waals surface area contributed by atoms with Crippen LogP contribution in [0, 0.1) is 5.82 Å². The molecule has 0 atom stereocenters. The molecule has 0 spiro atoms. The zero-order valence-electron chi connectivity index (χ0n) is 18.0. The fraction of sp³-hybridized carbons (Fsp3) is 0.208. The van der Waals surface area contributed by atoms with Gasteiger partial charge in [-0.05, 0) is 48.0 Å². The minimum Gasteiger partial charge on any atom is -0.490 e. The second-order valence-corrected chi connectivity index (χ2v) is 9.63. The number of hydrogen-bond acceptors (Lipinski definition) is 5. The molecule has 7 nitrogen and oxygen atoms in total. The van der Waals surface area contributed by atoms with Gasteiger partial charge in [0.1, 0.15) is 5.82 Å². The van der Waals surface area contributed by atoms with E-state index in [1.807, 2.05) is 0 Å². The smallest absolute Gasteiger partial charge is 0.255 e. The molecule has 0 unspecified atom stereocenters. The van der Waals surface area contributed by atoms with E-state index in [1.54, 1.807) is 18.2 Å². The van der Waals surface area contributed by atoms with Crippen LogP contribution in [-0.2, 0) is 16.6 Å². The van der Waals surface area contributed by atoms with Crippen LogP contribution in [0.5, 0.6) is 11.5 Å². The summed E-state index contributed by atoms with van der Waals surface area (Å²) in [7, 11) is -2.44. The van der Waals surface area contributed by atoms with Crippen LogP contribution in [0.15, 0.2) is 71.6 Å². The number of carbonyl (C=O) groups is 1. The minimum atomic E-state index is -3.87. The van der Waals surface area contributed by atoms with Gasteiger partial charge in [-0.3, -0.25) is 4.79 Å². The molecule has 172 valence electrons. The van der Waals surface area contributed by atoms with Gasteiger partial charge in [0.2, 0.25) is 10.0 Å². The van der Waals surface area contributed by atoms with Gasteiger partial charge < -0.3 is 14.8 Å². The van der Waals surface area contributed by atoms with Crippen LogP contribution in [0.3, 0.4) is 0 Å². The fourth-order valence-corrected chi connectivity index (χ4v) is 4.56. The first-order chi connectivity index (χ1) is 15.8. The van der Waals surface area contributed by atoms with E-state index in [2.05, 4.69) is 5.32 Å². The van der Waals surface area contributed by atoms with Crippen molar-refractivity contribution < 1.29 is 27.1 Å². The summed E-state index contributed by atoms with van der Waals surface area (Å²) in [5, 5.41) is 2.76. The number of fused-ring (bicyclic) bond motifs is 1. The van der Waals surface area contributed by atoms with Gasteiger partial charge in [-0.15, -0.1) is 0 Å². The predicted molar refractivity (Wildman–Crippen MR) is 121 cm³/mol. The molecule has 1 aliphatic heterocycles. The molecule has 0 radical (unpaired) electrons. The average molecular weight is 471 g/mol. The van der Waals surface area contributed by atoms with Crippen LogP contribution in [0.25, 0.3) is 0 Å². The third-order valence-electron chi connectivity index (χ3n) is 5.13. The molecule has 0 saturated carbocycles. The maximum atomic E-state index is 13.1. The standard InChI is InChI=1S/C24H23FN2O5S/c1-27(16-17-6-8-19(25)9-7-17)33(29,30)21-5-2-4-18(14-21)24(28)26-20-10-11-22-23(15-20)32-13-3-12-31-22/h2,4-11,14-15H,3,12-13,16H2,1H3,(H,26,28). The highest BCUT2D eigenvalue weighted by Crippen LogP contribution is 2.32. The number of benzene rings is 3. The first-order valence-electron chi connectivity index (χ1n) is 10.3. The molecule has 4 rings (SSSR count). The number of halogens is 1. The Labute approximate surface area is 191 Å². The van der Waals surface area contributed by atoms with E-state index in [4.69, 9.17) is 9.47 Å². The molecule has 0 fully saturated rings. The van der Waals surface area contributed by atoms with E-state index in [0.717, 1.165) is 10.7 Å². The van der Waals surface area contributed by atoms with E-state index in [9.17, 15) is 17.6 Å². The van der Waals surface area contributed by atoms with Crippen LogP contribution in [-0.4, -0.2) is 38.9 Å². The van der Waals surface area contributed by atoms with Gasteiger partial charge in [0, 0.05) is 37.3 Å². The molecular weight excluding hydrogens is 447 g/mol. The molecule has 0 aromatic heterocycles. The quantitative estimate of drug-likeness (QED) is 0.587. The highest BCUT2D eigenvalue weighted by atomic mass is 32.2. The van der Waals surface area contributed by atoms with Gasteiger partial charge in [-0.2, -0.15) is 4.31 Å². The molecule has 3 aromatic rings. The summed E-state index contributed by atoms with van der Waals surface area (Å²) in [5.74, 6) is 0.311. The molecule has 0 saturated heterocycles. The van der Waals surface area contributed by atoms with E-state index >= 15 is 0 Å². The summed E-state index contributed by atoms with van der Waals surface area (Å²) in [6, 6.07) is 16.5. The summed E-state index contributed by atoms with van der Waals surface area (Å²) in [5.41, 5.74) is 1.34. The lowest BCUT2D eigenvalue weighted by molar-refractivity contribution is 0.102. The van der Waals surface area contributed by atoms with Crippen molar-refractivity contribution in [2.75, 3.05) is 25.6 Å². The summed E-state index contributed by atoms with van der Waals surface area (Å²) < 4.78 is 51.5. The van der Waals surface area contributed by atoms with Crippen molar-refractivity contribution in [3.05, 3.63) is 83.7 Å². The summed E-state index contributed by atoms with van der Waals surface area (Å²) in [4.78, 5) is 12.8. The van der Waals surface area contributed by atoms with Crippen molar-refractivity contribution in [3.8, 4) is 11.5 Å². The van der Waals surface area contributed by atoms with Gasteiger partial charge in [0.05, 0.1) is 18.1 Å². The Kier molecular flexibility index (Phi) is 6.62. The summed E-state index contributed by atoms with van der Waals surface area (Å²) in [6.07, 6.45) is 0.771. The number of ether oxygens (including phenoxy) is 2. The average Bonchev–Trinajstić information content (AvgIpc) is 3.05. The molecule has 33 heavy (non-hydrogen) atoms. The monoisotopic (exact) mass is 470 g/mol. The molecule has 1 aliphatic rings. The van der Waals surface area contributed by atoms with Crippen LogP contribution in [0.2, 0.25) is 0 Å². The minimum absolute atomic E-state index is 0.0153. The van der Waals surface area contributed by atoms with E-state index in [0.29, 0.717) is 36.0 Å². The Morgan fingerprint density at radius 3 is 2.48 bits per heavy atom. The van der Waals surface area contributed by atoms with Gasteiger partial charge in [-0.1, -0.05) is 18.2 Å². The van der Waals surface area contributed by atoms with Crippen molar-refractivity contribution in [2.24, 2.45) is 0 Å². The summed E-state index contributed by atoms with van der Waals surface area (Å²) in [6.45, 7) is 1.15. The second-order valence-electron chi connectivity index (χ2n) is 7.58. The predicted octanol–water partition coefficient (Wildman–Crippen LogP) is 4.06. The second kappa shape index (κ2) is 9.60. The van der Waals surface area contributed by atoms with Gasteiger partial charge in [-0.25, -0.2) is 12.8 Å². The van der Waals surface area contributed by atoms with Crippen LogP contribution < -0.4 is 14.8 Å². The molecule has 0 bridgehead atoms. The molecule has 1 N–H and O–H groups in total. The zero-order valence-corrected chi connectivity index (χ0v) is 18.8. The molecule has 0 aliphatic carbocycles. The molecule has 1 amide bonds. The number of hydrogen-bond donors (Lipinski definition) is 1. The van der Waals surface area contributed by atoms with Crippen molar-refractivity contribution in [1.82, 2.24) is 4.31 Å². The molecule has 9 heteroatoms. The first-order valence-corrected chi connectivity index (χ1v) is 11.8. The van der Waals surface area contributed by atoms with Crippen LogP contribution >= 0.6 is 0 Å². The Balaban J connectivity index is 1.50. The SMILES string of the molecule is CN(Cc1ccc(F)cc1)S(=O)(=O)c1cccc(C(=O)Nc2ccc3c(c2)OCCCO3)c1. The maximum absolute atomic E-state index is 13.1. The lowest BCUT2D eigenvalue weighted by Crippen LogP contribution is -2.26. The normalized spacial score (nSPS) is 13.4. The number of nitrogens with zero attached hydrogens (tertiary/aromatic N) is 1. The van der Waals surface area contributed by atoms with Crippen LogP contribution in [0.4, 0.5) is 10.1 Å². The highest BCUT2D eigenvalue weighted by Gasteiger charge is 2.22. The third kappa shape index (κ3) is 5.32. The maximum Gasteiger partial charge on any atom is 0.255 e. The Morgan fingerprint density at radius 1 is 1.00 bits per heavy atom. The number of rotatable bonds is 6. The van der Waals surface area contributed by atoms with Crippen molar-refractivity contribution in [1.29, 1.82) is 0 Å². The van der Waals surface area contributed by atoms with Gasteiger partial charge in [0.15, 0.2) is 11.5 Å². The van der Waals surface area contributed by atoms with Crippen molar-refractivity contribution in [2.45, 2.75) is 17.9 Å². The zero-order chi connectivity index (χ0) is 23.4. The van der Waals surface area contributed by atoms with E-state index < -0.39 is 21.7 Å². The number of sulfonamides is 1. The highest BCUT2D eigenvalue weighted by molar-refractivity contribution is 7.89. The molecule has 1 heterocycles. The number of carbonyl (C=O) groups excluding carboxylic acids is 1. The number of amides is 1. The first kappa shape index (κ1) is 22.8. The van der Waals surface area contributed by atoms with E-state index in [1.165, 1.54) is 55.6 Å².